The van der Waals surface area contributed by atoms with Gasteiger partial charge >= 0.3 is 5.69 Å². The molecule has 0 saturated heterocycles. The largest absolute Gasteiger partial charge is 0.387 e. The van der Waals surface area contributed by atoms with Crippen molar-refractivity contribution in [2.24, 2.45) is 0 Å². The zero-order valence-electron chi connectivity index (χ0n) is 16.5. The van der Waals surface area contributed by atoms with Crippen molar-refractivity contribution in [1.82, 2.24) is 24.3 Å². The maximum absolute atomic E-state index is 13.3. The summed E-state index contributed by atoms with van der Waals surface area (Å²) < 4.78 is 42.1. The van der Waals surface area contributed by atoms with Gasteiger partial charge in [0, 0.05) is 19.7 Å². The summed E-state index contributed by atoms with van der Waals surface area (Å²) in [5, 5.41) is 14.3. The van der Waals surface area contributed by atoms with Crippen LogP contribution in [0.15, 0.2) is 53.7 Å². The minimum absolute atomic E-state index is 0.119. The third-order valence-corrected chi connectivity index (χ3v) is 4.89. The number of aliphatic hydroxyl groups is 1. The van der Waals surface area contributed by atoms with Crippen LogP contribution in [0.3, 0.4) is 0 Å². The van der Waals surface area contributed by atoms with Crippen LogP contribution in [0.1, 0.15) is 18.2 Å². The van der Waals surface area contributed by atoms with Gasteiger partial charge in [-0.15, -0.1) is 0 Å². The van der Waals surface area contributed by atoms with Crippen LogP contribution >= 0.6 is 0 Å². The van der Waals surface area contributed by atoms with Gasteiger partial charge in [0.05, 0.1) is 12.6 Å². The van der Waals surface area contributed by atoms with E-state index >= 15 is 0 Å². The molecule has 1 N–H and O–H groups in total. The molecule has 1 aliphatic heterocycles. The summed E-state index contributed by atoms with van der Waals surface area (Å²) in [4.78, 5) is 22.1. The Kier molecular flexibility index (Phi) is 5.36. The Bertz CT molecular complexity index is 1170. The summed E-state index contributed by atoms with van der Waals surface area (Å²) in [6.07, 6.45) is 3.49. The van der Waals surface area contributed by atoms with Gasteiger partial charge < -0.3 is 10.0 Å². The van der Waals surface area contributed by atoms with Crippen LogP contribution in [0, 0.1) is 5.82 Å². The molecule has 0 amide bonds. The van der Waals surface area contributed by atoms with E-state index in [2.05, 4.69) is 15.1 Å². The number of aliphatic hydroxyl groups excluding tert-OH is 1. The minimum Gasteiger partial charge on any atom is -0.387 e. The van der Waals surface area contributed by atoms with Crippen LogP contribution in [0.5, 0.6) is 0 Å². The van der Waals surface area contributed by atoms with Crippen LogP contribution in [0.25, 0.3) is 5.57 Å². The quantitative estimate of drug-likeness (QED) is 0.662. The molecule has 3 heterocycles. The van der Waals surface area contributed by atoms with Crippen LogP contribution in [0.4, 0.5) is 19.1 Å². The monoisotopic (exact) mass is 432 g/mol. The number of benzene rings is 1. The van der Waals surface area contributed by atoms with Crippen molar-refractivity contribution < 1.29 is 18.3 Å². The zero-order valence-corrected chi connectivity index (χ0v) is 16.5. The highest BCUT2D eigenvalue weighted by molar-refractivity contribution is 5.71. The molecule has 1 unspecified atom stereocenters. The van der Waals surface area contributed by atoms with Crippen LogP contribution in [0.2, 0.25) is 0 Å². The minimum atomic E-state index is -3.08. The molecule has 0 bridgehead atoms. The van der Waals surface area contributed by atoms with Crippen molar-refractivity contribution >= 4 is 11.5 Å². The maximum atomic E-state index is 13.3. The van der Waals surface area contributed by atoms with E-state index in [9.17, 15) is 23.1 Å². The first kappa shape index (κ1) is 20.8. The van der Waals surface area contributed by atoms with Crippen molar-refractivity contribution in [3.8, 4) is 0 Å². The van der Waals surface area contributed by atoms with E-state index in [0.717, 1.165) is 11.5 Å². The number of β-amino-alcohol motifs (C(OH)–C–C–N with tert-alkyl or cyclic N) is 1. The molecule has 1 aliphatic rings. The molecule has 162 valence electrons. The fourth-order valence-corrected chi connectivity index (χ4v) is 3.27. The highest BCUT2D eigenvalue weighted by atomic mass is 19.3. The summed E-state index contributed by atoms with van der Waals surface area (Å²) in [5.41, 5.74) is 0.338. The Balaban J connectivity index is 1.49. The van der Waals surface area contributed by atoms with E-state index in [0.29, 0.717) is 17.7 Å². The maximum Gasteiger partial charge on any atom is 0.353 e. The van der Waals surface area contributed by atoms with Crippen molar-refractivity contribution in [3.63, 3.8) is 0 Å². The fourth-order valence-electron chi connectivity index (χ4n) is 3.27. The summed E-state index contributed by atoms with van der Waals surface area (Å²) in [6.45, 7) is 1.13. The summed E-state index contributed by atoms with van der Waals surface area (Å²) >= 11 is 0. The van der Waals surface area contributed by atoms with Gasteiger partial charge in [0.1, 0.15) is 24.5 Å². The molecule has 31 heavy (non-hydrogen) atoms. The molecular weight excluding hydrogens is 413 g/mol. The Morgan fingerprint density at radius 3 is 2.58 bits per heavy atom. The van der Waals surface area contributed by atoms with E-state index in [-0.39, 0.29) is 25.0 Å². The molecule has 0 fully saturated rings. The highest BCUT2D eigenvalue weighted by Gasteiger charge is 2.27. The fraction of sp³-hybridized carbons (Fsp3) is 0.300. The molecule has 11 heteroatoms. The van der Waals surface area contributed by atoms with Gasteiger partial charge in [0.2, 0.25) is 5.95 Å². The molecule has 2 aromatic heterocycles. The first-order valence-corrected chi connectivity index (χ1v) is 9.45. The van der Waals surface area contributed by atoms with Gasteiger partial charge in [-0.05, 0) is 29.3 Å². The molecule has 0 radical (unpaired) electrons. The SMILES string of the molecule is CC(F)(F)c1ccn(Cn2cnc(N3CC=C(c4ccc(F)cc4)C(O)C3)nc2=O)n1. The molecule has 8 nitrogen and oxygen atoms in total. The Morgan fingerprint density at radius 2 is 1.97 bits per heavy atom. The van der Waals surface area contributed by atoms with E-state index < -0.39 is 23.4 Å². The second-order valence-corrected chi connectivity index (χ2v) is 7.27. The number of rotatable bonds is 5. The molecule has 0 spiro atoms. The predicted octanol–water partition coefficient (Wildman–Crippen LogP) is 1.86. The van der Waals surface area contributed by atoms with Gasteiger partial charge in [-0.2, -0.15) is 18.9 Å². The third kappa shape index (κ3) is 4.50. The Morgan fingerprint density at radius 1 is 1.23 bits per heavy atom. The van der Waals surface area contributed by atoms with Gasteiger partial charge in [-0.3, -0.25) is 9.25 Å². The lowest BCUT2D eigenvalue weighted by molar-refractivity contribution is 0.0120. The smallest absolute Gasteiger partial charge is 0.353 e. The third-order valence-electron chi connectivity index (χ3n) is 4.89. The Labute approximate surface area is 174 Å². The molecule has 1 atom stereocenters. The van der Waals surface area contributed by atoms with Gasteiger partial charge in [0.15, 0.2) is 0 Å². The van der Waals surface area contributed by atoms with Crippen LogP contribution < -0.4 is 10.6 Å². The molecule has 3 aromatic rings. The number of aromatic nitrogens is 5. The number of hydrogen-bond donors (Lipinski definition) is 1. The van der Waals surface area contributed by atoms with Gasteiger partial charge in [0.25, 0.3) is 5.92 Å². The average Bonchev–Trinajstić information content (AvgIpc) is 3.19. The van der Waals surface area contributed by atoms with E-state index in [1.165, 1.54) is 35.4 Å². The zero-order chi connectivity index (χ0) is 22.2. The van der Waals surface area contributed by atoms with Crippen molar-refractivity contribution in [2.45, 2.75) is 25.6 Å². The summed E-state index contributed by atoms with van der Waals surface area (Å²) in [5.74, 6) is -3.30. The number of alkyl halides is 2. The number of hydrogen-bond acceptors (Lipinski definition) is 6. The second kappa shape index (κ2) is 7.99. The van der Waals surface area contributed by atoms with Crippen LogP contribution in [-0.4, -0.2) is 48.6 Å². The first-order valence-electron chi connectivity index (χ1n) is 9.45. The van der Waals surface area contributed by atoms with E-state index in [1.54, 1.807) is 23.1 Å². The van der Waals surface area contributed by atoms with Crippen molar-refractivity contribution in [1.29, 1.82) is 0 Å². The summed E-state index contributed by atoms with van der Waals surface area (Å²) in [7, 11) is 0. The van der Waals surface area contributed by atoms with E-state index in [1.807, 2.05) is 0 Å². The number of nitrogens with zero attached hydrogens (tertiary/aromatic N) is 6. The molecule has 0 saturated carbocycles. The lowest BCUT2D eigenvalue weighted by Crippen LogP contribution is -2.40. The number of halogens is 3. The standard InChI is InChI=1S/C20H19F3N6O2/c1-20(22,23)17-7-9-29(26-17)12-28-11-24-18(25-19(28)31)27-8-6-15(16(30)10-27)13-2-4-14(21)5-3-13/h2-7,9,11,16,30H,8,10,12H2,1H3. The number of anilines is 1. The normalized spacial score (nSPS) is 17.0. The van der Waals surface area contributed by atoms with Crippen LogP contribution in [-0.2, 0) is 12.6 Å². The summed E-state index contributed by atoms with van der Waals surface area (Å²) in [6, 6.07) is 7.00. The predicted molar refractivity (Wildman–Crippen MR) is 106 cm³/mol. The molecule has 0 aliphatic carbocycles. The van der Waals surface area contributed by atoms with Gasteiger partial charge in [-0.1, -0.05) is 18.2 Å². The molecular formula is C20H19F3N6O2. The molecule has 4 rings (SSSR count). The average molecular weight is 432 g/mol. The second-order valence-electron chi connectivity index (χ2n) is 7.27. The topological polar surface area (TPSA) is 89.1 Å². The van der Waals surface area contributed by atoms with Gasteiger partial charge in [-0.25, -0.2) is 14.2 Å². The molecule has 1 aromatic carbocycles. The lowest BCUT2D eigenvalue weighted by Gasteiger charge is -2.30. The van der Waals surface area contributed by atoms with Crippen molar-refractivity contribution in [2.75, 3.05) is 18.0 Å². The Hall–Kier alpha value is -3.47. The van der Waals surface area contributed by atoms with Crippen molar-refractivity contribution in [3.05, 3.63) is 76.5 Å². The first-order chi connectivity index (χ1) is 14.7. The lowest BCUT2D eigenvalue weighted by atomic mass is 9.97. The van der Waals surface area contributed by atoms with E-state index in [4.69, 9.17) is 0 Å². The highest BCUT2D eigenvalue weighted by Crippen LogP contribution is 2.25.